The van der Waals surface area contributed by atoms with Crippen LogP contribution in [0.2, 0.25) is 10.0 Å². The number of benzene rings is 1. The zero-order valence-corrected chi connectivity index (χ0v) is 11.9. The maximum absolute atomic E-state index is 12.3. The van der Waals surface area contributed by atoms with E-state index in [1.54, 1.807) is 42.6 Å². The lowest BCUT2D eigenvalue weighted by atomic mass is 9.95. The van der Waals surface area contributed by atoms with Gasteiger partial charge in [-0.15, -0.1) is 0 Å². The Morgan fingerprint density at radius 1 is 1.20 bits per heavy atom. The summed E-state index contributed by atoms with van der Waals surface area (Å²) in [4.78, 5) is 16.3. The first kappa shape index (κ1) is 14.5. The van der Waals surface area contributed by atoms with Crippen molar-refractivity contribution in [3.05, 3.63) is 63.9 Å². The molecular weight excluding hydrogens is 295 g/mol. The Labute approximate surface area is 126 Å². The van der Waals surface area contributed by atoms with Gasteiger partial charge < -0.3 is 0 Å². The summed E-state index contributed by atoms with van der Waals surface area (Å²) in [6.45, 7) is 0. The molecule has 0 saturated carbocycles. The van der Waals surface area contributed by atoms with Crippen molar-refractivity contribution in [1.29, 1.82) is 5.26 Å². The molecule has 0 aliphatic carbocycles. The Balaban J connectivity index is 2.26. The molecule has 2 aromatic rings. The highest BCUT2D eigenvalue weighted by Gasteiger charge is 2.23. The zero-order valence-electron chi connectivity index (χ0n) is 10.4. The first-order valence-electron chi connectivity index (χ1n) is 5.89. The van der Waals surface area contributed by atoms with Crippen LogP contribution in [0.1, 0.15) is 17.2 Å². The van der Waals surface area contributed by atoms with Crippen molar-refractivity contribution < 1.29 is 4.79 Å². The summed E-state index contributed by atoms with van der Waals surface area (Å²) in [5.41, 5.74) is 0.972. The summed E-state index contributed by atoms with van der Waals surface area (Å²) in [5.74, 6) is -1.19. The molecule has 0 N–H and O–H groups in total. The molecule has 3 nitrogen and oxygen atoms in total. The number of nitriles is 1. The fraction of sp³-hybridized carbons (Fsp3) is 0.133. The highest BCUT2D eigenvalue weighted by Crippen LogP contribution is 2.27. The molecule has 1 heterocycles. The second-order valence-corrected chi connectivity index (χ2v) is 4.97. The molecule has 100 valence electrons. The number of rotatable bonds is 4. The van der Waals surface area contributed by atoms with Gasteiger partial charge in [-0.25, -0.2) is 0 Å². The molecule has 1 atom stereocenters. The van der Waals surface area contributed by atoms with Crippen molar-refractivity contribution in [2.75, 3.05) is 0 Å². The van der Waals surface area contributed by atoms with E-state index >= 15 is 0 Å². The number of hydrogen-bond acceptors (Lipinski definition) is 3. The summed E-state index contributed by atoms with van der Waals surface area (Å²) in [7, 11) is 0. The summed E-state index contributed by atoms with van der Waals surface area (Å²) < 4.78 is 0. The van der Waals surface area contributed by atoms with Gasteiger partial charge in [0.05, 0.1) is 11.8 Å². The summed E-state index contributed by atoms with van der Waals surface area (Å²) in [6, 6.07) is 12.1. The zero-order chi connectivity index (χ0) is 14.5. The Morgan fingerprint density at radius 3 is 2.45 bits per heavy atom. The molecule has 1 aromatic heterocycles. The van der Waals surface area contributed by atoms with Crippen molar-refractivity contribution in [1.82, 2.24) is 4.98 Å². The Morgan fingerprint density at radius 2 is 1.90 bits per heavy atom. The van der Waals surface area contributed by atoms with E-state index in [4.69, 9.17) is 23.2 Å². The maximum Gasteiger partial charge on any atom is 0.160 e. The van der Waals surface area contributed by atoms with Crippen molar-refractivity contribution >= 4 is 29.0 Å². The summed E-state index contributed by atoms with van der Waals surface area (Å²) in [6.07, 6.45) is 1.56. The van der Waals surface area contributed by atoms with E-state index in [0.29, 0.717) is 21.3 Å². The Bertz CT molecular complexity index is 645. The highest BCUT2D eigenvalue weighted by molar-refractivity contribution is 6.36. The van der Waals surface area contributed by atoms with Gasteiger partial charge in [0.25, 0.3) is 0 Å². The van der Waals surface area contributed by atoms with E-state index in [-0.39, 0.29) is 12.2 Å². The number of nitrogens with zero attached hydrogens (tertiary/aromatic N) is 2. The monoisotopic (exact) mass is 304 g/mol. The quantitative estimate of drug-likeness (QED) is 0.863. The van der Waals surface area contributed by atoms with Gasteiger partial charge in [-0.05, 0) is 29.8 Å². The Kier molecular flexibility index (Phi) is 4.73. The van der Waals surface area contributed by atoms with Crippen LogP contribution in [0.5, 0.6) is 0 Å². The van der Waals surface area contributed by atoms with E-state index in [2.05, 4.69) is 4.98 Å². The number of pyridine rings is 1. The second-order valence-electron chi connectivity index (χ2n) is 4.16. The number of ketones is 1. The van der Waals surface area contributed by atoms with E-state index in [1.807, 2.05) is 6.07 Å². The fourth-order valence-corrected chi connectivity index (χ4v) is 2.36. The molecule has 0 saturated heterocycles. The van der Waals surface area contributed by atoms with Gasteiger partial charge in [0, 0.05) is 22.7 Å². The molecule has 0 spiro atoms. The predicted molar refractivity (Wildman–Crippen MR) is 77.8 cm³/mol. The van der Waals surface area contributed by atoms with Crippen LogP contribution in [0.15, 0.2) is 42.6 Å². The third-order valence-corrected chi connectivity index (χ3v) is 3.56. The van der Waals surface area contributed by atoms with Gasteiger partial charge in [-0.3, -0.25) is 9.78 Å². The van der Waals surface area contributed by atoms with Crippen LogP contribution in [0.25, 0.3) is 0 Å². The number of carbonyl (C=O) groups excluding carboxylic acids is 1. The average molecular weight is 305 g/mol. The van der Waals surface area contributed by atoms with Crippen molar-refractivity contribution in [2.24, 2.45) is 0 Å². The highest BCUT2D eigenvalue weighted by atomic mass is 35.5. The molecule has 0 aliphatic rings. The van der Waals surface area contributed by atoms with Gasteiger partial charge in [-0.1, -0.05) is 35.3 Å². The third-order valence-electron chi connectivity index (χ3n) is 2.85. The van der Waals surface area contributed by atoms with Crippen LogP contribution < -0.4 is 0 Å². The van der Waals surface area contributed by atoms with Crippen LogP contribution in [0.3, 0.4) is 0 Å². The van der Waals surface area contributed by atoms with Gasteiger partial charge in [0.2, 0.25) is 0 Å². The molecule has 0 aliphatic heterocycles. The molecule has 0 amide bonds. The fourth-order valence-electron chi connectivity index (χ4n) is 1.83. The van der Waals surface area contributed by atoms with E-state index in [1.165, 1.54) is 0 Å². The minimum Gasteiger partial charge on any atom is -0.297 e. The smallest absolute Gasteiger partial charge is 0.160 e. The number of hydrogen-bond donors (Lipinski definition) is 0. The van der Waals surface area contributed by atoms with Crippen molar-refractivity contribution in [3.63, 3.8) is 0 Å². The lowest BCUT2D eigenvalue weighted by molar-refractivity contribution is -0.118. The number of halogens is 2. The van der Waals surface area contributed by atoms with Gasteiger partial charge in [-0.2, -0.15) is 5.26 Å². The molecule has 20 heavy (non-hydrogen) atoms. The molecule has 2 rings (SSSR count). The lowest BCUT2D eigenvalue weighted by Crippen LogP contribution is -2.15. The minimum atomic E-state index is -0.913. The first-order valence-corrected chi connectivity index (χ1v) is 6.65. The largest absolute Gasteiger partial charge is 0.297 e. The average Bonchev–Trinajstić information content (AvgIpc) is 2.45. The SMILES string of the molecule is N#CC(C(=O)Cc1c(Cl)cccc1Cl)c1ccccn1. The minimum absolute atomic E-state index is 0.00725. The van der Waals surface area contributed by atoms with Crippen LogP contribution in [-0.2, 0) is 11.2 Å². The topological polar surface area (TPSA) is 53.8 Å². The molecule has 0 radical (unpaired) electrons. The Hall–Kier alpha value is -1.89. The van der Waals surface area contributed by atoms with Gasteiger partial charge in [0.15, 0.2) is 5.78 Å². The van der Waals surface area contributed by atoms with Gasteiger partial charge >= 0.3 is 0 Å². The molecule has 5 heteroatoms. The lowest BCUT2D eigenvalue weighted by Gasteiger charge is -2.10. The molecule has 1 aromatic carbocycles. The van der Waals surface area contributed by atoms with Crippen LogP contribution >= 0.6 is 23.2 Å². The van der Waals surface area contributed by atoms with Crippen LogP contribution in [-0.4, -0.2) is 10.8 Å². The summed E-state index contributed by atoms with van der Waals surface area (Å²) in [5, 5.41) is 10.0. The molecule has 0 bridgehead atoms. The third kappa shape index (κ3) is 3.16. The standard InChI is InChI=1S/C15H10Cl2N2O/c16-12-4-3-5-13(17)10(12)8-15(20)11(9-18)14-6-1-2-7-19-14/h1-7,11H,8H2. The normalized spacial score (nSPS) is 11.7. The maximum atomic E-state index is 12.3. The van der Waals surface area contributed by atoms with E-state index < -0.39 is 5.92 Å². The second kappa shape index (κ2) is 6.51. The van der Waals surface area contributed by atoms with Crippen LogP contribution in [0, 0.1) is 11.3 Å². The molecule has 0 fully saturated rings. The summed E-state index contributed by atoms with van der Waals surface area (Å²) >= 11 is 12.1. The van der Waals surface area contributed by atoms with Gasteiger partial charge in [0.1, 0.15) is 5.92 Å². The van der Waals surface area contributed by atoms with E-state index in [9.17, 15) is 10.1 Å². The van der Waals surface area contributed by atoms with Crippen molar-refractivity contribution in [2.45, 2.75) is 12.3 Å². The van der Waals surface area contributed by atoms with Crippen molar-refractivity contribution in [3.8, 4) is 6.07 Å². The number of Topliss-reactive ketones (excluding diaryl/α,β-unsaturated/α-hetero) is 1. The number of carbonyl (C=O) groups is 1. The molecular formula is C15H10Cl2N2O. The van der Waals surface area contributed by atoms with E-state index in [0.717, 1.165) is 0 Å². The number of aromatic nitrogens is 1. The van der Waals surface area contributed by atoms with Crippen LogP contribution in [0.4, 0.5) is 0 Å². The molecule has 1 unspecified atom stereocenters. The first-order chi connectivity index (χ1) is 9.63. The predicted octanol–water partition coefficient (Wildman–Crippen LogP) is 3.81.